The molecule has 0 bridgehead atoms. The quantitative estimate of drug-likeness (QED) is 0.634. The van der Waals surface area contributed by atoms with Crippen LogP contribution in [0.15, 0.2) is 42.5 Å². The maximum atomic E-state index is 14.0. The van der Waals surface area contributed by atoms with E-state index in [0.29, 0.717) is 17.9 Å². The molecule has 0 aliphatic carbocycles. The van der Waals surface area contributed by atoms with Crippen molar-refractivity contribution in [2.24, 2.45) is 5.84 Å². The van der Waals surface area contributed by atoms with Gasteiger partial charge < -0.3 is 4.74 Å². The number of nitrogens with one attached hydrogen (secondary N) is 1. The molecule has 5 heteroatoms. The second-order valence-electron chi connectivity index (χ2n) is 4.65. The molecule has 0 saturated heterocycles. The van der Waals surface area contributed by atoms with Crippen LogP contribution in [-0.4, -0.2) is 6.61 Å². The minimum absolute atomic E-state index is 0.144. The number of hydrogen-bond donors (Lipinski definition) is 2. The van der Waals surface area contributed by atoms with Crippen molar-refractivity contribution in [2.45, 2.75) is 19.4 Å². The first-order valence-corrected chi connectivity index (χ1v) is 6.80. The molecule has 21 heavy (non-hydrogen) atoms. The summed E-state index contributed by atoms with van der Waals surface area (Å²) in [4.78, 5) is 0. The number of para-hydroxylation sites is 1. The van der Waals surface area contributed by atoms with Crippen LogP contribution >= 0.6 is 0 Å². The number of halogens is 2. The van der Waals surface area contributed by atoms with E-state index < -0.39 is 17.7 Å². The lowest BCUT2D eigenvalue weighted by atomic mass is 9.98. The number of rotatable bonds is 6. The first-order valence-electron chi connectivity index (χ1n) is 6.80. The summed E-state index contributed by atoms with van der Waals surface area (Å²) in [6.07, 6.45) is 0.851. The Morgan fingerprint density at radius 3 is 2.62 bits per heavy atom. The predicted octanol–water partition coefficient (Wildman–Crippen LogP) is 3.31. The van der Waals surface area contributed by atoms with Gasteiger partial charge in [0.05, 0.1) is 12.6 Å². The fraction of sp³-hybridized carbons (Fsp3) is 0.250. The lowest BCUT2D eigenvalue weighted by Crippen LogP contribution is -2.30. The summed E-state index contributed by atoms with van der Waals surface area (Å²) < 4.78 is 33.0. The van der Waals surface area contributed by atoms with Gasteiger partial charge in [0.2, 0.25) is 0 Å². The fourth-order valence-corrected chi connectivity index (χ4v) is 2.15. The first kappa shape index (κ1) is 15.4. The highest BCUT2D eigenvalue weighted by molar-refractivity contribution is 5.42. The van der Waals surface area contributed by atoms with Gasteiger partial charge in [-0.15, -0.1) is 0 Å². The third kappa shape index (κ3) is 3.56. The van der Waals surface area contributed by atoms with Gasteiger partial charge in [0.25, 0.3) is 0 Å². The van der Waals surface area contributed by atoms with Crippen molar-refractivity contribution in [1.29, 1.82) is 0 Å². The number of hydrogen-bond acceptors (Lipinski definition) is 3. The Bertz CT molecular complexity index is 605. The topological polar surface area (TPSA) is 47.3 Å². The Balaban J connectivity index is 2.44. The molecule has 0 saturated carbocycles. The van der Waals surface area contributed by atoms with Crippen molar-refractivity contribution in [3.8, 4) is 5.75 Å². The van der Waals surface area contributed by atoms with E-state index in [-0.39, 0.29) is 5.56 Å². The van der Waals surface area contributed by atoms with Crippen molar-refractivity contribution in [2.75, 3.05) is 6.61 Å². The van der Waals surface area contributed by atoms with Crippen LogP contribution in [-0.2, 0) is 0 Å². The van der Waals surface area contributed by atoms with Crippen LogP contribution in [0.4, 0.5) is 8.78 Å². The highest BCUT2D eigenvalue weighted by Crippen LogP contribution is 2.31. The SMILES string of the molecule is CCCOc1ccccc1C(NN)c1cc(F)ccc1F. The van der Waals surface area contributed by atoms with E-state index in [2.05, 4.69) is 5.43 Å². The molecule has 0 aliphatic rings. The molecule has 112 valence electrons. The van der Waals surface area contributed by atoms with E-state index in [4.69, 9.17) is 10.6 Å². The predicted molar refractivity (Wildman–Crippen MR) is 77.8 cm³/mol. The largest absolute Gasteiger partial charge is 0.493 e. The van der Waals surface area contributed by atoms with Gasteiger partial charge in [0.15, 0.2) is 0 Å². The van der Waals surface area contributed by atoms with Gasteiger partial charge in [0, 0.05) is 11.1 Å². The number of ether oxygens (including phenoxy) is 1. The summed E-state index contributed by atoms with van der Waals surface area (Å²) in [7, 11) is 0. The molecule has 0 heterocycles. The monoisotopic (exact) mass is 292 g/mol. The zero-order chi connectivity index (χ0) is 15.2. The first-order chi connectivity index (χ1) is 10.2. The van der Waals surface area contributed by atoms with Crippen molar-refractivity contribution >= 4 is 0 Å². The van der Waals surface area contributed by atoms with Crippen molar-refractivity contribution in [3.05, 3.63) is 65.2 Å². The minimum atomic E-state index is -0.686. The smallest absolute Gasteiger partial charge is 0.128 e. The van der Waals surface area contributed by atoms with Crippen LogP contribution in [0.25, 0.3) is 0 Å². The molecule has 1 unspecified atom stereocenters. The standard InChI is InChI=1S/C16H18F2N2O/c1-2-9-21-15-6-4-3-5-12(15)16(20-19)13-10-11(17)7-8-14(13)18/h3-8,10,16,20H,2,9,19H2,1H3. The number of hydrazine groups is 1. The molecule has 0 aromatic heterocycles. The molecule has 2 aromatic carbocycles. The van der Waals surface area contributed by atoms with Crippen LogP contribution < -0.4 is 16.0 Å². The molecule has 0 fully saturated rings. The minimum Gasteiger partial charge on any atom is -0.493 e. The Morgan fingerprint density at radius 1 is 1.14 bits per heavy atom. The van der Waals surface area contributed by atoms with Gasteiger partial charge in [-0.25, -0.2) is 14.2 Å². The average Bonchev–Trinajstić information content (AvgIpc) is 2.50. The van der Waals surface area contributed by atoms with Crippen LogP contribution in [0.2, 0.25) is 0 Å². The molecule has 3 N–H and O–H groups in total. The molecule has 3 nitrogen and oxygen atoms in total. The van der Waals surface area contributed by atoms with E-state index in [1.807, 2.05) is 13.0 Å². The number of nitrogens with two attached hydrogens (primary N) is 1. The van der Waals surface area contributed by atoms with Crippen LogP contribution in [0.1, 0.15) is 30.5 Å². The van der Waals surface area contributed by atoms with Gasteiger partial charge in [-0.1, -0.05) is 25.1 Å². The van der Waals surface area contributed by atoms with E-state index in [1.54, 1.807) is 18.2 Å². The molecule has 2 rings (SSSR count). The molecule has 0 aliphatic heterocycles. The highest BCUT2D eigenvalue weighted by Gasteiger charge is 2.20. The van der Waals surface area contributed by atoms with E-state index in [9.17, 15) is 8.78 Å². The van der Waals surface area contributed by atoms with Gasteiger partial charge in [0.1, 0.15) is 17.4 Å². The lowest BCUT2D eigenvalue weighted by molar-refractivity contribution is 0.311. The normalized spacial score (nSPS) is 12.2. The maximum absolute atomic E-state index is 14.0. The van der Waals surface area contributed by atoms with Crippen molar-refractivity contribution in [3.63, 3.8) is 0 Å². The van der Waals surface area contributed by atoms with Crippen LogP contribution in [0.3, 0.4) is 0 Å². The van der Waals surface area contributed by atoms with Crippen molar-refractivity contribution in [1.82, 2.24) is 5.43 Å². The second kappa shape index (κ2) is 7.15. The van der Waals surface area contributed by atoms with Crippen LogP contribution in [0.5, 0.6) is 5.75 Å². The molecule has 0 amide bonds. The van der Waals surface area contributed by atoms with Crippen LogP contribution in [0, 0.1) is 11.6 Å². The summed E-state index contributed by atoms with van der Waals surface area (Å²) >= 11 is 0. The zero-order valence-electron chi connectivity index (χ0n) is 11.8. The Hall–Kier alpha value is -1.98. The summed E-state index contributed by atoms with van der Waals surface area (Å²) in [6, 6.07) is 9.80. The Morgan fingerprint density at radius 2 is 1.90 bits per heavy atom. The Labute approximate surface area is 122 Å². The molecule has 0 radical (unpaired) electrons. The third-order valence-electron chi connectivity index (χ3n) is 3.13. The second-order valence-corrected chi connectivity index (χ2v) is 4.65. The Kier molecular flexibility index (Phi) is 5.25. The van der Waals surface area contributed by atoms with Gasteiger partial charge in [-0.05, 0) is 30.7 Å². The van der Waals surface area contributed by atoms with Crippen molar-refractivity contribution < 1.29 is 13.5 Å². The van der Waals surface area contributed by atoms with E-state index >= 15 is 0 Å². The maximum Gasteiger partial charge on any atom is 0.128 e. The summed E-state index contributed by atoms with van der Waals surface area (Å²) in [5.74, 6) is 5.12. The molecular formula is C16H18F2N2O. The van der Waals surface area contributed by atoms with Gasteiger partial charge >= 0.3 is 0 Å². The molecular weight excluding hydrogens is 274 g/mol. The third-order valence-corrected chi connectivity index (χ3v) is 3.13. The summed E-state index contributed by atoms with van der Waals surface area (Å²) in [5, 5.41) is 0. The number of benzene rings is 2. The zero-order valence-corrected chi connectivity index (χ0v) is 11.8. The summed E-state index contributed by atoms with van der Waals surface area (Å²) in [6.45, 7) is 2.54. The highest BCUT2D eigenvalue weighted by atomic mass is 19.1. The molecule has 0 spiro atoms. The van der Waals surface area contributed by atoms with E-state index in [1.165, 1.54) is 0 Å². The lowest BCUT2D eigenvalue weighted by Gasteiger charge is -2.20. The average molecular weight is 292 g/mol. The molecule has 1 atom stereocenters. The molecule has 2 aromatic rings. The fourth-order valence-electron chi connectivity index (χ4n) is 2.15. The van der Waals surface area contributed by atoms with Gasteiger partial charge in [-0.3, -0.25) is 5.84 Å². The summed E-state index contributed by atoms with van der Waals surface area (Å²) in [5.41, 5.74) is 3.34. The van der Waals surface area contributed by atoms with Gasteiger partial charge in [-0.2, -0.15) is 0 Å². The van der Waals surface area contributed by atoms with E-state index in [0.717, 1.165) is 24.6 Å².